The van der Waals surface area contributed by atoms with Crippen LogP contribution in [0.25, 0.3) is 5.70 Å². The Morgan fingerprint density at radius 1 is 1.47 bits per heavy atom. The molecule has 4 nitrogen and oxygen atoms in total. The third kappa shape index (κ3) is 4.41. The Morgan fingerprint density at radius 2 is 2.16 bits per heavy atom. The van der Waals surface area contributed by atoms with E-state index < -0.39 is 6.09 Å². The van der Waals surface area contributed by atoms with Crippen molar-refractivity contribution < 1.29 is 9.53 Å². The quantitative estimate of drug-likeness (QED) is 0.609. The van der Waals surface area contributed by atoms with E-state index in [4.69, 9.17) is 16.3 Å². The van der Waals surface area contributed by atoms with Gasteiger partial charge in [-0.05, 0) is 26.0 Å². The first-order valence-electron chi connectivity index (χ1n) is 5.85. The second-order valence-corrected chi connectivity index (χ2v) is 4.45. The highest BCUT2D eigenvalue weighted by Gasteiger charge is 2.19. The summed E-state index contributed by atoms with van der Waals surface area (Å²) in [5, 5.41) is 0.388. The highest BCUT2D eigenvalue weighted by molar-refractivity contribution is 6.29. The van der Waals surface area contributed by atoms with E-state index in [1.165, 1.54) is 4.90 Å². The van der Waals surface area contributed by atoms with E-state index in [1.807, 2.05) is 6.92 Å². The first kappa shape index (κ1) is 15.2. The topological polar surface area (TPSA) is 42.4 Å². The summed E-state index contributed by atoms with van der Waals surface area (Å²) in [7, 11) is 0. The molecular weight excluding hydrogens is 264 g/mol. The van der Waals surface area contributed by atoms with Gasteiger partial charge in [0, 0.05) is 24.0 Å². The summed E-state index contributed by atoms with van der Waals surface area (Å²) in [5.74, 6) is 0. The van der Waals surface area contributed by atoms with Crippen LogP contribution in [0, 0.1) is 0 Å². The Morgan fingerprint density at radius 3 is 2.63 bits per heavy atom. The SMILES string of the molecule is C=C(C)CN(C(=C)c1ccc(Cl)nc1)C(=O)OCC. The Labute approximate surface area is 118 Å². The molecule has 19 heavy (non-hydrogen) atoms. The average Bonchev–Trinajstić information content (AvgIpc) is 2.36. The molecule has 0 aliphatic rings. The number of pyridine rings is 1. The van der Waals surface area contributed by atoms with Crippen molar-refractivity contribution in [1.29, 1.82) is 0 Å². The first-order valence-corrected chi connectivity index (χ1v) is 6.23. The first-order chi connectivity index (χ1) is 8.95. The highest BCUT2D eigenvalue weighted by atomic mass is 35.5. The van der Waals surface area contributed by atoms with Gasteiger partial charge >= 0.3 is 6.09 Å². The third-order valence-electron chi connectivity index (χ3n) is 2.30. The molecule has 1 aromatic heterocycles. The predicted molar refractivity (Wildman–Crippen MR) is 76.8 cm³/mol. The number of ether oxygens (including phenoxy) is 1. The minimum absolute atomic E-state index is 0.303. The molecular formula is C14H17ClN2O2. The normalized spacial score (nSPS) is 9.84. The molecule has 0 spiro atoms. The molecule has 0 aliphatic heterocycles. The van der Waals surface area contributed by atoms with E-state index in [2.05, 4.69) is 18.1 Å². The molecule has 102 valence electrons. The zero-order valence-electron chi connectivity index (χ0n) is 11.1. The van der Waals surface area contributed by atoms with Gasteiger partial charge in [-0.25, -0.2) is 9.78 Å². The molecule has 1 rings (SSSR count). The van der Waals surface area contributed by atoms with Gasteiger partial charge in [0.1, 0.15) is 5.15 Å². The highest BCUT2D eigenvalue weighted by Crippen LogP contribution is 2.20. The zero-order chi connectivity index (χ0) is 14.4. The van der Waals surface area contributed by atoms with Crippen molar-refractivity contribution in [3.05, 3.63) is 47.8 Å². The number of nitrogens with zero attached hydrogens (tertiary/aromatic N) is 2. The average molecular weight is 281 g/mol. The van der Waals surface area contributed by atoms with Crippen molar-refractivity contribution in [2.75, 3.05) is 13.2 Å². The van der Waals surface area contributed by atoms with Gasteiger partial charge in [-0.1, -0.05) is 30.3 Å². The van der Waals surface area contributed by atoms with Crippen LogP contribution in [-0.2, 0) is 4.74 Å². The number of carbonyl (C=O) groups is 1. The second kappa shape index (κ2) is 6.95. The van der Waals surface area contributed by atoms with Crippen molar-refractivity contribution in [1.82, 2.24) is 9.88 Å². The largest absolute Gasteiger partial charge is 0.449 e. The van der Waals surface area contributed by atoms with Gasteiger partial charge in [0.2, 0.25) is 0 Å². The molecule has 0 atom stereocenters. The molecule has 1 aromatic rings. The summed E-state index contributed by atoms with van der Waals surface area (Å²) in [6.45, 7) is 11.9. The monoisotopic (exact) mass is 280 g/mol. The molecule has 0 aromatic carbocycles. The maximum absolute atomic E-state index is 11.9. The lowest BCUT2D eigenvalue weighted by Gasteiger charge is -2.24. The van der Waals surface area contributed by atoms with Crippen molar-refractivity contribution in [3.63, 3.8) is 0 Å². The van der Waals surface area contributed by atoms with Crippen molar-refractivity contribution in [2.24, 2.45) is 0 Å². The Bertz CT molecular complexity index is 483. The van der Waals surface area contributed by atoms with Crippen LogP contribution in [0.5, 0.6) is 0 Å². The summed E-state index contributed by atoms with van der Waals surface area (Å²) in [5.41, 5.74) is 2.04. The van der Waals surface area contributed by atoms with Gasteiger partial charge in [0.05, 0.1) is 6.61 Å². The standard InChI is InChI=1S/C14H17ClN2O2/c1-5-19-14(18)17(9-10(2)3)11(4)12-6-7-13(15)16-8-12/h6-8H,2,4-5,9H2,1,3H3. The third-order valence-corrected chi connectivity index (χ3v) is 2.53. The van der Waals surface area contributed by atoms with Crippen LogP contribution in [0.3, 0.4) is 0 Å². The van der Waals surface area contributed by atoms with Crippen LogP contribution in [0.4, 0.5) is 4.79 Å². The van der Waals surface area contributed by atoms with E-state index in [-0.39, 0.29) is 0 Å². The molecule has 0 aliphatic carbocycles. The van der Waals surface area contributed by atoms with Crippen LogP contribution < -0.4 is 0 Å². The van der Waals surface area contributed by atoms with Gasteiger partial charge in [0.25, 0.3) is 0 Å². The number of amides is 1. The van der Waals surface area contributed by atoms with E-state index in [0.717, 1.165) is 5.57 Å². The zero-order valence-corrected chi connectivity index (χ0v) is 11.9. The summed E-state index contributed by atoms with van der Waals surface area (Å²) in [6, 6.07) is 3.40. The minimum atomic E-state index is -0.453. The van der Waals surface area contributed by atoms with Gasteiger partial charge in [-0.15, -0.1) is 0 Å². The fourth-order valence-electron chi connectivity index (χ4n) is 1.44. The van der Waals surface area contributed by atoms with Crippen molar-refractivity contribution in [2.45, 2.75) is 13.8 Å². The van der Waals surface area contributed by atoms with Gasteiger partial charge in [-0.2, -0.15) is 0 Å². The lowest BCUT2D eigenvalue weighted by atomic mass is 10.2. The maximum atomic E-state index is 11.9. The summed E-state index contributed by atoms with van der Waals surface area (Å²) in [6.07, 6.45) is 1.11. The molecule has 5 heteroatoms. The van der Waals surface area contributed by atoms with Crippen LogP contribution >= 0.6 is 11.6 Å². The summed E-state index contributed by atoms with van der Waals surface area (Å²) in [4.78, 5) is 17.3. The fraction of sp³-hybridized carbons (Fsp3) is 0.286. The minimum Gasteiger partial charge on any atom is -0.449 e. The van der Waals surface area contributed by atoms with Crippen LogP contribution in [0.15, 0.2) is 37.1 Å². The molecule has 0 saturated carbocycles. The molecule has 0 fully saturated rings. The van der Waals surface area contributed by atoms with Crippen molar-refractivity contribution in [3.8, 4) is 0 Å². The number of halogens is 1. The van der Waals surface area contributed by atoms with E-state index in [1.54, 1.807) is 25.3 Å². The molecule has 0 unspecified atom stereocenters. The van der Waals surface area contributed by atoms with Crippen LogP contribution in [0.2, 0.25) is 5.15 Å². The molecule has 0 radical (unpaired) electrons. The van der Waals surface area contributed by atoms with Gasteiger partial charge in [-0.3, -0.25) is 4.90 Å². The van der Waals surface area contributed by atoms with E-state index in [0.29, 0.717) is 29.6 Å². The van der Waals surface area contributed by atoms with E-state index >= 15 is 0 Å². The van der Waals surface area contributed by atoms with E-state index in [9.17, 15) is 4.79 Å². The molecule has 0 saturated heterocycles. The molecule has 1 heterocycles. The smallest absolute Gasteiger partial charge is 0.414 e. The number of hydrogen-bond acceptors (Lipinski definition) is 3. The van der Waals surface area contributed by atoms with Crippen LogP contribution in [0.1, 0.15) is 19.4 Å². The number of hydrogen-bond donors (Lipinski definition) is 0. The van der Waals surface area contributed by atoms with Crippen LogP contribution in [-0.4, -0.2) is 29.1 Å². The lowest BCUT2D eigenvalue weighted by molar-refractivity contribution is 0.127. The summed E-state index contributed by atoms with van der Waals surface area (Å²) >= 11 is 5.73. The van der Waals surface area contributed by atoms with Gasteiger partial charge in [0.15, 0.2) is 0 Å². The lowest BCUT2D eigenvalue weighted by Crippen LogP contribution is -2.31. The Hall–Kier alpha value is -1.81. The van der Waals surface area contributed by atoms with Crippen molar-refractivity contribution >= 4 is 23.4 Å². The maximum Gasteiger partial charge on any atom is 0.414 e. The molecule has 1 amide bonds. The number of aromatic nitrogens is 1. The fourth-order valence-corrected chi connectivity index (χ4v) is 1.56. The predicted octanol–water partition coefficient (Wildman–Crippen LogP) is 3.74. The Balaban J connectivity index is 2.96. The number of rotatable bonds is 5. The molecule has 0 bridgehead atoms. The molecule has 0 N–H and O–H groups in total. The van der Waals surface area contributed by atoms with Gasteiger partial charge < -0.3 is 4.74 Å². The second-order valence-electron chi connectivity index (χ2n) is 4.06. The Kier molecular flexibility index (Phi) is 5.57. The number of carbonyl (C=O) groups excluding carboxylic acids is 1. The summed E-state index contributed by atoms with van der Waals surface area (Å²) < 4.78 is 5.01.